The summed E-state index contributed by atoms with van der Waals surface area (Å²) in [7, 11) is 0. The summed E-state index contributed by atoms with van der Waals surface area (Å²) in [6.45, 7) is 2.71. The van der Waals surface area contributed by atoms with Crippen LogP contribution in [0.4, 0.5) is 26.3 Å². The second kappa shape index (κ2) is 10.8. The van der Waals surface area contributed by atoms with Gasteiger partial charge in [0.2, 0.25) is 0 Å². The van der Waals surface area contributed by atoms with E-state index in [9.17, 15) is 31.1 Å². The van der Waals surface area contributed by atoms with Gasteiger partial charge in [0.1, 0.15) is 0 Å². The number of aliphatic carboxylic acids is 1. The number of rotatable bonds is 2. The number of ether oxygens (including phenoxy) is 1. The van der Waals surface area contributed by atoms with Gasteiger partial charge in [-0.25, -0.2) is 4.79 Å². The zero-order valence-corrected chi connectivity index (χ0v) is 8.62. The fourth-order valence-electron chi connectivity index (χ4n) is 0.131. The van der Waals surface area contributed by atoms with Crippen LogP contribution in [0.1, 0.15) is 0 Å². The maximum Gasteiger partial charge on any atom is 0.529 e. The molecule has 0 aliphatic heterocycles. The number of hydrogen-bond donors (Lipinski definition) is 3. The van der Waals surface area contributed by atoms with Crippen molar-refractivity contribution in [1.29, 1.82) is 0 Å². The quantitative estimate of drug-likeness (QED) is 0.526. The van der Waals surface area contributed by atoms with Gasteiger partial charge in [-0.05, 0) is 0 Å². The Morgan fingerprint density at radius 2 is 1.28 bits per heavy atom. The van der Waals surface area contributed by atoms with Crippen molar-refractivity contribution in [1.82, 2.24) is 0 Å². The molecule has 0 atom stereocenters. The van der Waals surface area contributed by atoms with E-state index < -0.39 is 18.7 Å². The molecule has 0 spiro atoms. The Balaban J connectivity index is -0.000000212. The van der Waals surface area contributed by atoms with Gasteiger partial charge in [0.05, 0.1) is 13.2 Å². The highest BCUT2D eigenvalue weighted by atomic mass is 19.4. The Kier molecular flexibility index (Phi) is 13.1. The first-order valence-electron chi connectivity index (χ1n) is 3.80. The molecule has 3 N–H and O–H groups in total. The fraction of sp³-hybridized carbons (Fsp3) is 0.571. The lowest BCUT2D eigenvalue weighted by molar-refractivity contribution is -0.463. The molecular formula is C7H10F6O5. The van der Waals surface area contributed by atoms with Crippen molar-refractivity contribution >= 4 is 5.97 Å². The smallest absolute Gasteiger partial charge is 0.478 e. The first-order valence-corrected chi connectivity index (χ1v) is 3.80. The van der Waals surface area contributed by atoms with Crippen LogP contribution in [-0.4, -0.2) is 47.2 Å². The summed E-state index contributed by atoms with van der Waals surface area (Å²) in [5.41, 5.74) is 0. The molecule has 0 unspecified atom stereocenters. The second-order valence-electron chi connectivity index (χ2n) is 1.98. The number of alkyl halides is 6. The average molecular weight is 288 g/mol. The predicted molar refractivity (Wildman–Crippen MR) is 45.2 cm³/mol. The van der Waals surface area contributed by atoms with Crippen LogP contribution in [0.2, 0.25) is 0 Å². The number of carboxylic acids is 1. The SMILES string of the molecule is C=CC(=O)O.FC(F)(F)OC(F)(F)F.OCCO. The molecule has 0 heterocycles. The number of halogens is 6. The van der Waals surface area contributed by atoms with E-state index in [-0.39, 0.29) is 13.2 Å². The number of carbonyl (C=O) groups is 1. The van der Waals surface area contributed by atoms with Crippen molar-refractivity contribution in [2.75, 3.05) is 13.2 Å². The summed E-state index contributed by atoms with van der Waals surface area (Å²) in [6.07, 6.45) is -10.4. The summed E-state index contributed by atoms with van der Waals surface area (Å²) in [6, 6.07) is 0. The lowest BCUT2D eigenvalue weighted by Gasteiger charge is -2.08. The van der Waals surface area contributed by atoms with E-state index in [1.165, 1.54) is 0 Å². The van der Waals surface area contributed by atoms with Crippen LogP contribution in [-0.2, 0) is 9.53 Å². The second-order valence-corrected chi connectivity index (χ2v) is 1.98. The van der Waals surface area contributed by atoms with Crippen LogP contribution in [0.25, 0.3) is 0 Å². The normalized spacial score (nSPS) is 10.4. The lowest BCUT2D eigenvalue weighted by atomic mass is 10.7. The van der Waals surface area contributed by atoms with Gasteiger partial charge in [-0.3, -0.25) is 0 Å². The van der Waals surface area contributed by atoms with Crippen LogP contribution in [0.5, 0.6) is 0 Å². The van der Waals surface area contributed by atoms with Crippen molar-refractivity contribution in [3.8, 4) is 0 Å². The van der Waals surface area contributed by atoms with Crippen LogP contribution in [0.15, 0.2) is 12.7 Å². The summed E-state index contributed by atoms with van der Waals surface area (Å²) in [5.74, 6) is -0.981. The van der Waals surface area contributed by atoms with Crippen molar-refractivity contribution in [3.63, 3.8) is 0 Å². The van der Waals surface area contributed by atoms with Crippen LogP contribution in [0, 0.1) is 0 Å². The molecule has 0 amide bonds. The third-order valence-corrected chi connectivity index (χ3v) is 0.506. The van der Waals surface area contributed by atoms with Crippen LogP contribution in [0.3, 0.4) is 0 Å². The first-order chi connectivity index (χ1) is 7.89. The fourth-order valence-corrected chi connectivity index (χ4v) is 0.131. The molecule has 0 aliphatic rings. The zero-order valence-electron chi connectivity index (χ0n) is 8.62. The van der Waals surface area contributed by atoms with Gasteiger partial charge < -0.3 is 15.3 Å². The Bertz CT molecular complexity index is 209. The molecule has 0 aromatic heterocycles. The Hall–Kier alpha value is -1.33. The summed E-state index contributed by atoms with van der Waals surface area (Å²) in [5, 5.41) is 22.9. The third-order valence-electron chi connectivity index (χ3n) is 0.506. The van der Waals surface area contributed by atoms with E-state index in [1.807, 2.05) is 0 Å². The molecule has 0 radical (unpaired) electrons. The minimum atomic E-state index is -5.64. The van der Waals surface area contributed by atoms with Gasteiger partial charge in [-0.15, -0.1) is 26.3 Å². The van der Waals surface area contributed by atoms with Crippen molar-refractivity contribution in [2.45, 2.75) is 12.7 Å². The molecule has 0 rings (SSSR count). The van der Waals surface area contributed by atoms with E-state index in [4.69, 9.17) is 15.3 Å². The lowest BCUT2D eigenvalue weighted by Crippen LogP contribution is -2.25. The maximum absolute atomic E-state index is 10.6. The van der Waals surface area contributed by atoms with Gasteiger partial charge in [0.15, 0.2) is 0 Å². The van der Waals surface area contributed by atoms with E-state index in [1.54, 1.807) is 4.74 Å². The van der Waals surface area contributed by atoms with Crippen molar-refractivity contribution in [3.05, 3.63) is 12.7 Å². The summed E-state index contributed by atoms with van der Waals surface area (Å²) >= 11 is 0. The average Bonchev–Trinajstić information content (AvgIpc) is 2.13. The highest BCUT2D eigenvalue weighted by molar-refractivity contribution is 5.78. The third kappa shape index (κ3) is 46.6. The van der Waals surface area contributed by atoms with Gasteiger partial charge in [-0.1, -0.05) is 6.58 Å². The molecule has 18 heavy (non-hydrogen) atoms. The minimum absolute atomic E-state index is 0.125. The van der Waals surface area contributed by atoms with E-state index >= 15 is 0 Å². The van der Waals surface area contributed by atoms with E-state index in [2.05, 4.69) is 6.58 Å². The molecule has 0 fully saturated rings. The maximum atomic E-state index is 10.6. The molecule has 110 valence electrons. The Morgan fingerprint density at radius 3 is 1.28 bits per heavy atom. The molecular weight excluding hydrogens is 278 g/mol. The predicted octanol–water partition coefficient (Wildman–Crippen LogP) is 1.27. The van der Waals surface area contributed by atoms with Gasteiger partial charge in [0.25, 0.3) is 0 Å². The first kappa shape index (κ1) is 21.9. The Labute approximate surface area is 96.9 Å². The molecule has 0 bridgehead atoms. The highest BCUT2D eigenvalue weighted by Gasteiger charge is 2.45. The standard InChI is InChI=1S/C3H4O2.C2F6O.C2H6O2/c1-2-3(4)5;3-1(4,5)9-2(6,7)8;3-1-2-4/h2H,1H2,(H,4,5);;3-4H,1-2H2. The van der Waals surface area contributed by atoms with Crippen LogP contribution < -0.4 is 0 Å². The summed E-state index contributed by atoms with van der Waals surface area (Å²) < 4.78 is 65.3. The molecule has 0 aromatic rings. The molecule has 0 saturated heterocycles. The Morgan fingerprint density at radius 1 is 1.06 bits per heavy atom. The number of hydrogen-bond acceptors (Lipinski definition) is 4. The molecule has 0 saturated carbocycles. The van der Waals surface area contributed by atoms with Crippen molar-refractivity contribution < 1.29 is 51.2 Å². The topological polar surface area (TPSA) is 87.0 Å². The number of aliphatic hydroxyl groups is 2. The van der Waals surface area contributed by atoms with Gasteiger partial charge >= 0.3 is 18.7 Å². The van der Waals surface area contributed by atoms with E-state index in [0.29, 0.717) is 0 Å². The molecule has 11 heteroatoms. The molecule has 5 nitrogen and oxygen atoms in total. The van der Waals surface area contributed by atoms with Crippen LogP contribution >= 0.6 is 0 Å². The summed E-state index contributed by atoms with van der Waals surface area (Å²) in [4.78, 5) is 9.25. The highest BCUT2D eigenvalue weighted by Crippen LogP contribution is 2.28. The minimum Gasteiger partial charge on any atom is -0.478 e. The van der Waals surface area contributed by atoms with Gasteiger partial charge in [-0.2, -0.15) is 4.74 Å². The molecule has 0 aromatic carbocycles. The van der Waals surface area contributed by atoms with Gasteiger partial charge in [0, 0.05) is 6.08 Å². The van der Waals surface area contributed by atoms with Crippen molar-refractivity contribution in [2.24, 2.45) is 0 Å². The number of aliphatic hydroxyl groups excluding tert-OH is 2. The van der Waals surface area contributed by atoms with E-state index in [0.717, 1.165) is 6.08 Å². The monoisotopic (exact) mass is 288 g/mol. The zero-order chi connectivity index (χ0) is 15.4. The number of carboxylic acid groups (broad SMARTS) is 1. The largest absolute Gasteiger partial charge is 0.529 e. The molecule has 0 aliphatic carbocycles.